The maximum Gasteiger partial charge on any atom is 0.287 e. The van der Waals surface area contributed by atoms with Crippen molar-refractivity contribution in [3.8, 4) is 6.07 Å². The standard InChI is InChI=1S/C14H10BrN3O2/c15-12-3-1-10(2-4-12)9-17-13-5-6-14(18(19)20)11(7-13)8-16/h1-7,17H,9H2. The minimum absolute atomic E-state index is 0.0517. The molecule has 0 heterocycles. The van der Waals surface area contributed by atoms with E-state index < -0.39 is 4.92 Å². The zero-order valence-electron chi connectivity index (χ0n) is 10.3. The van der Waals surface area contributed by atoms with Crippen LogP contribution in [0.3, 0.4) is 0 Å². The highest BCUT2D eigenvalue weighted by atomic mass is 79.9. The van der Waals surface area contributed by atoms with E-state index in [-0.39, 0.29) is 11.3 Å². The van der Waals surface area contributed by atoms with Crippen LogP contribution in [0.25, 0.3) is 0 Å². The van der Waals surface area contributed by atoms with E-state index in [1.165, 1.54) is 12.1 Å². The predicted octanol–water partition coefficient (Wildman–Crippen LogP) is 3.84. The van der Waals surface area contributed by atoms with Crippen molar-refractivity contribution < 1.29 is 4.92 Å². The molecule has 2 aromatic rings. The van der Waals surface area contributed by atoms with E-state index in [0.29, 0.717) is 12.2 Å². The van der Waals surface area contributed by atoms with Crippen LogP contribution < -0.4 is 5.32 Å². The fourth-order valence-electron chi connectivity index (χ4n) is 1.70. The van der Waals surface area contributed by atoms with Crippen LogP contribution in [0.4, 0.5) is 11.4 Å². The van der Waals surface area contributed by atoms with Gasteiger partial charge in [-0.1, -0.05) is 28.1 Å². The van der Waals surface area contributed by atoms with Crippen LogP contribution in [0.2, 0.25) is 0 Å². The molecule has 0 amide bonds. The fraction of sp³-hybridized carbons (Fsp3) is 0.0714. The molecule has 0 radical (unpaired) electrons. The molecular formula is C14H10BrN3O2. The summed E-state index contributed by atoms with van der Waals surface area (Å²) in [6.45, 7) is 0.579. The molecule has 2 aromatic carbocycles. The normalized spacial score (nSPS) is 9.80. The molecule has 0 bridgehead atoms. The molecule has 0 saturated heterocycles. The first kappa shape index (κ1) is 14.0. The second-order valence-corrected chi connectivity index (χ2v) is 5.00. The lowest BCUT2D eigenvalue weighted by Crippen LogP contribution is -2.00. The highest BCUT2D eigenvalue weighted by Gasteiger charge is 2.13. The smallest absolute Gasteiger partial charge is 0.287 e. The lowest BCUT2D eigenvalue weighted by Gasteiger charge is -2.07. The highest BCUT2D eigenvalue weighted by molar-refractivity contribution is 9.10. The Bertz CT molecular complexity index is 678. The molecule has 0 spiro atoms. The van der Waals surface area contributed by atoms with Gasteiger partial charge >= 0.3 is 0 Å². The van der Waals surface area contributed by atoms with Gasteiger partial charge in [-0.15, -0.1) is 0 Å². The molecule has 6 heteroatoms. The van der Waals surface area contributed by atoms with Gasteiger partial charge in [-0.05, 0) is 29.8 Å². The Kier molecular flexibility index (Phi) is 4.33. The van der Waals surface area contributed by atoms with Gasteiger partial charge in [-0.3, -0.25) is 10.1 Å². The van der Waals surface area contributed by atoms with Crippen molar-refractivity contribution in [2.75, 3.05) is 5.32 Å². The van der Waals surface area contributed by atoms with E-state index in [1.54, 1.807) is 6.07 Å². The number of hydrogen-bond acceptors (Lipinski definition) is 4. The van der Waals surface area contributed by atoms with Crippen molar-refractivity contribution in [3.05, 3.63) is 68.2 Å². The number of anilines is 1. The van der Waals surface area contributed by atoms with Crippen LogP contribution in [0, 0.1) is 21.4 Å². The fourth-order valence-corrected chi connectivity index (χ4v) is 1.97. The summed E-state index contributed by atoms with van der Waals surface area (Å²) in [6, 6.07) is 14.1. The van der Waals surface area contributed by atoms with Crippen LogP contribution in [-0.2, 0) is 6.54 Å². The van der Waals surface area contributed by atoms with Crippen molar-refractivity contribution in [1.82, 2.24) is 0 Å². The minimum Gasteiger partial charge on any atom is -0.381 e. The third kappa shape index (κ3) is 3.33. The zero-order chi connectivity index (χ0) is 14.5. The summed E-state index contributed by atoms with van der Waals surface area (Å²) in [7, 11) is 0. The second kappa shape index (κ2) is 6.17. The van der Waals surface area contributed by atoms with Gasteiger partial charge in [0.15, 0.2) is 0 Å². The average Bonchev–Trinajstić information content (AvgIpc) is 2.46. The number of nitrogens with one attached hydrogen (secondary N) is 1. The van der Waals surface area contributed by atoms with Gasteiger partial charge in [0.2, 0.25) is 0 Å². The molecule has 0 aliphatic rings. The summed E-state index contributed by atoms with van der Waals surface area (Å²) < 4.78 is 1.00. The van der Waals surface area contributed by atoms with Gasteiger partial charge in [-0.2, -0.15) is 5.26 Å². The van der Waals surface area contributed by atoms with Gasteiger partial charge in [-0.25, -0.2) is 0 Å². The Hall–Kier alpha value is -2.39. The molecule has 100 valence electrons. The van der Waals surface area contributed by atoms with Gasteiger partial charge in [0, 0.05) is 22.8 Å². The SMILES string of the molecule is N#Cc1cc(NCc2ccc(Br)cc2)ccc1[N+](=O)[O-]. The number of nitrogens with zero attached hydrogens (tertiary/aromatic N) is 2. The molecule has 0 aliphatic heterocycles. The number of halogens is 1. The van der Waals surface area contributed by atoms with Crippen molar-refractivity contribution in [2.24, 2.45) is 0 Å². The summed E-state index contributed by atoms with van der Waals surface area (Å²) in [5.41, 5.74) is 1.62. The highest BCUT2D eigenvalue weighted by Crippen LogP contribution is 2.22. The molecule has 0 aliphatic carbocycles. The molecule has 0 aromatic heterocycles. The molecule has 20 heavy (non-hydrogen) atoms. The van der Waals surface area contributed by atoms with Crippen LogP contribution >= 0.6 is 15.9 Å². The lowest BCUT2D eigenvalue weighted by atomic mass is 10.1. The largest absolute Gasteiger partial charge is 0.381 e. The maximum atomic E-state index is 10.7. The molecule has 0 atom stereocenters. The summed E-state index contributed by atoms with van der Waals surface area (Å²) in [5.74, 6) is 0. The van der Waals surface area contributed by atoms with Crippen molar-refractivity contribution in [2.45, 2.75) is 6.54 Å². The molecule has 2 rings (SSSR count). The number of benzene rings is 2. The minimum atomic E-state index is -0.558. The van der Waals surface area contributed by atoms with E-state index >= 15 is 0 Å². The van der Waals surface area contributed by atoms with Crippen molar-refractivity contribution in [1.29, 1.82) is 5.26 Å². The van der Waals surface area contributed by atoms with E-state index in [4.69, 9.17) is 5.26 Å². The zero-order valence-corrected chi connectivity index (χ0v) is 11.9. The van der Waals surface area contributed by atoms with Crippen molar-refractivity contribution in [3.63, 3.8) is 0 Å². The maximum absolute atomic E-state index is 10.7. The van der Waals surface area contributed by atoms with Gasteiger partial charge in [0.1, 0.15) is 11.6 Å². The Morgan fingerprint density at radius 3 is 2.55 bits per heavy atom. The predicted molar refractivity (Wildman–Crippen MR) is 79.3 cm³/mol. The Labute approximate surface area is 124 Å². The third-order valence-corrected chi connectivity index (χ3v) is 3.25. The summed E-state index contributed by atoms with van der Waals surface area (Å²) in [6.07, 6.45) is 0. The monoisotopic (exact) mass is 331 g/mol. The molecule has 5 nitrogen and oxygen atoms in total. The number of rotatable bonds is 4. The van der Waals surface area contributed by atoms with E-state index in [2.05, 4.69) is 21.2 Å². The molecular weight excluding hydrogens is 322 g/mol. The van der Waals surface area contributed by atoms with E-state index in [0.717, 1.165) is 10.0 Å². The Balaban J connectivity index is 2.12. The second-order valence-electron chi connectivity index (χ2n) is 4.08. The number of nitro groups is 1. The quantitative estimate of drug-likeness (QED) is 0.681. The molecule has 0 saturated carbocycles. The van der Waals surface area contributed by atoms with Crippen LogP contribution in [0.15, 0.2) is 46.9 Å². The molecule has 0 unspecified atom stereocenters. The van der Waals surface area contributed by atoms with Gasteiger partial charge in [0.05, 0.1) is 4.92 Å². The van der Waals surface area contributed by atoms with Crippen LogP contribution in [0.1, 0.15) is 11.1 Å². The topological polar surface area (TPSA) is 79.0 Å². The molecule has 1 N–H and O–H groups in total. The average molecular weight is 332 g/mol. The molecule has 0 fully saturated rings. The Morgan fingerprint density at radius 2 is 1.95 bits per heavy atom. The number of hydrogen-bond donors (Lipinski definition) is 1. The number of nitro benzene ring substituents is 1. The first-order chi connectivity index (χ1) is 9.60. The Morgan fingerprint density at radius 1 is 1.25 bits per heavy atom. The summed E-state index contributed by atoms with van der Waals surface area (Å²) >= 11 is 3.36. The van der Waals surface area contributed by atoms with E-state index in [1.807, 2.05) is 30.3 Å². The van der Waals surface area contributed by atoms with E-state index in [9.17, 15) is 10.1 Å². The summed E-state index contributed by atoms with van der Waals surface area (Å²) in [4.78, 5) is 10.2. The third-order valence-electron chi connectivity index (χ3n) is 2.72. The summed E-state index contributed by atoms with van der Waals surface area (Å²) in [5, 5.41) is 22.8. The van der Waals surface area contributed by atoms with Gasteiger partial charge < -0.3 is 5.32 Å². The lowest BCUT2D eigenvalue weighted by molar-refractivity contribution is -0.385. The van der Waals surface area contributed by atoms with Crippen LogP contribution in [0.5, 0.6) is 0 Å². The van der Waals surface area contributed by atoms with Crippen molar-refractivity contribution >= 4 is 27.3 Å². The van der Waals surface area contributed by atoms with Gasteiger partial charge in [0.25, 0.3) is 5.69 Å². The number of nitriles is 1. The first-order valence-electron chi connectivity index (χ1n) is 5.77. The first-order valence-corrected chi connectivity index (χ1v) is 6.56. The van der Waals surface area contributed by atoms with Crippen LogP contribution in [-0.4, -0.2) is 4.92 Å².